The second-order valence-electron chi connectivity index (χ2n) is 4.35. The van der Waals surface area contributed by atoms with Crippen LogP contribution >= 0.6 is 0 Å². The van der Waals surface area contributed by atoms with E-state index in [0.717, 1.165) is 12.2 Å². The molecule has 1 aromatic rings. The number of rotatable bonds is 0. The van der Waals surface area contributed by atoms with Gasteiger partial charge < -0.3 is 5.73 Å². The highest BCUT2D eigenvalue weighted by atomic mass is 16.2. The molecule has 15 heavy (non-hydrogen) atoms. The number of nitrogens with zero attached hydrogens (tertiary/aromatic N) is 2. The van der Waals surface area contributed by atoms with Crippen molar-refractivity contribution in [2.24, 2.45) is 11.7 Å². The van der Waals surface area contributed by atoms with Crippen LogP contribution in [0.4, 0.5) is 5.82 Å². The van der Waals surface area contributed by atoms with E-state index in [0.29, 0.717) is 11.8 Å². The number of hydrogen-bond acceptors (Lipinski definition) is 3. The van der Waals surface area contributed by atoms with Gasteiger partial charge in [-0.05, 0) is 29.9 Å². The Morgan fingerprint density at radius 3 is 3.20 bits per heavy atom. The molecule has 4 heteroatoms. The standard InChI is InChI=1S/C11H13N3O/c1-14-10-6(3-2-4-13-10)7-5-8(7)9(12)11(14)15/h2-4,7-9H,5,12H2,1H3. The fraction of sp³-hybridized carbons (Fsp3) is 0.455. The Bertz CT molecular complexity index is 432. The molecule has 4 nitrogen and oxygen atoms in total. The number of nitrogens with two attached hydrogens (primary N) is 1. The molecular formula is C11H13N3O. The van der Waals surface area contributed by atoms with E-state index >= 15 is 0 Å². The molecule has 2 N–H and O–H groups in total. The summed E-state index contributed by atoms with van der Waals surface area (Å²) in [5.74, 6) is 1.53. The summed E-state index contributed by atoms with van der Waals surface area (Å²) in [4.78, 5) is 17.8. The first-order valence-corrected chi connectivity index (χ1v) is 5.18. The molecule has 1 aliphatic heterocycles. The molecule has 1 fully saturated rings. The van der Waals surface area contributed by atoms with Crippen LogP contribution in [0.3, 0.4) is 0 Å². The molecule has 3 unspecified atom stereocenters. The minimum absolute atomic E-state index is 0.0139. The number of pyridine rings is 1. The van der Waals surface area contributed by atoms with E-state index in [-0.39, 0.29) is 11.9 Å². The quantitative estimate of drug-likeness (QED) is 0.667. The molecule has 1 aliphatic carbocycles. The zero-order chi connectivity index (χ0) is 10.6. The summed E-state index contributed by atoms with van der Waals surface area (Å²) in [6.45, 7) is 0. The number of aromatic nitrogens is 1. The van der Waals surface area contributed by atoms with Crippen molar-refractivity contribution in [3.05, 3.63) is 23.9 Å². The van der Waals surface area contributed by atoms with Gasteiger partial charge in [0.25, 0.3) is 0 Å². The van der Waals surface area contributed by atoms with Gasteiger partial charge in [0.2, 0.25) is 5.91 Å². The van der Waals surface area contributed by atoms with Crippen molar-refractivity contribution in [2.45, 2.75) is 18.4 Å². The summed E-state index contributed by atoms with van der Waals surface area (Å²) in [6.07, 6.45) is 2.75. The summed E-state index contributed by atoms with van der Waals surface area (Å²) < 4.78 is 0. The first kappa shape index (κ1) is 8.85. The third-order valence-corrected chi connectivity index (χ3v) is 3.45. The lowest BCUT2D eigenvalue weighted by Crippen LogP contribution is -2.42. The van der Waals surface area contributed by atoms with Crippen LogP contribution in [0, 0.1) is 5.92 Å². The van der Waals surface area contributed by atoms with Crippen molar-refractivity contribution in [1.29, 1.82) is 0 Å². The molecule has 0 spiro atoms. The molecule has 1 amide bonds. The average Bonchev–Trinajstić information content (AvgIpc) is 3.05. The van der Waals surface area contributed by atoms with Crippen LogP contribution in [-0.4, -0.2) is 24.0 Å². The molecular weight excluding hydrogens is 190 g/mol. The van der Waals surface area contributed by atoms with Gasteiger partial charge in [0.05, 0.1) is 6.04 Å². The monoisotopic (exact) mass is 203 g/mol. The van der Waals surface area contributed by atoms with Gasteiger partial charge in [-0.2, -0.15) is 0 Å². The number of likely N-dealkylation sites (N-methyl/N-ethyl adjacent to an activating group) is 1. The molecule has 2 heterocycles. The molecule has 1 aromatic heterocycles. The van der Waals surface area contributed by atoms with E-state index in [1.165, 1.54) is 5.56 Å². The van der Waals surface area contributed by atoms with E-state index in [2.05, 4.69) is 11.1 Å². The summed E-state index contributed by atoms with van der Waals surface area (Å²) in [6, 6.07) is 3.62. The average molecular weight is 203 g/mol. The third kappa shape index (κ3) is 1.11. The highest BCUT2D eigenvalue weighted by molar-refractivity contribution is 5.98. The van der Waals surface area contributed by atoms with Crippen LogP contribution in [0.2, 0.25) is 0 Å². The highest BCUT2D eigenvalue weighted by Gasteiger charge is 2.50. The fourth-order valence-corrected chi connectivity index (χ4v) is 2.46. The first-order chi connectivity index (χ1) is 7.20. The van der Waals surface area contributed by atoms with E-state index in [1.54, 1.807) is 18.1 Å². The van der Waals surface area contributed by atoms with E-state index in [9.17, 15) is 4.79 Å². The van der Waals surface area contributed by atoms with Gasteiger partial charge in [0, 0.05) is 13.2 Å². The van der Waals surface area contributed by atoms with Gasteiger partial charge in [-0.3, -0.25) is 9.69 Å². The summed E-state index contributed by atoms with van der Waals surface area (Å²) >= 11 is 0. The van der Waals surface area contributed by atoms with Crippen molar-refractivity contribution in [2.75, 3.05) is 11.9 Å². The van der Waals surface area contributed by atoms with Crippen molar-refractivity contribution < 1.29 is 4.79 Å². The number of anilines is 1. The second-order valence-corrected chi connectivity index (χ2v) is 4.35. The van der Waals surface area contributed by atoms with Crippen LogP contribution < -0.4 is 10.6 Å². The van der Waals surface area contributed by atoms with Crippen LogP contribution in [0.5, 0.6) is 0 Å². The largest absolute Gasteiger partial charge is 0.320 e. The first-order valence-electron chi connectivity index (χ1n) is 5.18. The Balaban J connectivity index is 2.14. The minimum atomic E-state index is -0.353. The maximum absolute atomic E-state index is 11.9. The van der Waals surface area contributed by atoms with Crippen LogP contribution in [0.1, 0.15) is 17.9 Å². The molecule has 2 aliphatic rings. The van der Waals surface area contributed by atoms with Crippen LogP contribution in [0.15, 0.2) is 18.3 Å². The minimum Gasteiger partial charge on any atom is -0.320 e. The predicted octanol–water partition coefficient (Wildman–Crippen LogP) is 0.489. The van der Waals surface area contributed by atoms with Crippen LogP contribution in [0.25, 0.3) is 0 Å². The third-order valence-electron chi connectivity index (χ3n) is 3.45. The molecule has 3 rings (SSSR count). The number of carbonyl (C=O) groups is 1. The number of fused-ring (bicyclic) bond motifs is 3. The fourth-order valence-electron chi connectivity index (χ4n) is 2.46. The van der Waals surface area contributed by atoms with E-state index < -0.39 is 0 Å². The maximum Gasteiger partial charge on any atom is 0.245 e. The van der Waals surface area contributed by atoms with Crippen molar-refractivity contribution in [3.8, 4) is 0 Å². The van der Waals surface area contributed by atoms with Gasteiger partial charge in [-0.1, -0.05) is 6.07 Å². The zero-order valence-electron chi connectivity index (χ0n) is 8.55. The Morgan fingerprint density at radius 1 is 1.60 bits per heavy atom. The SMILES string of the molecule is CN1C(=O)C(N)C2CC2c2cccnc21. The smallest absolute Gasteiger partial charge is 0.245 e. The van der Waals surface area contributed by atoms with Gasteiger partial charge in [0.1, 0.15) is 5.82 Å². The van der Waals surface area contributed by atoms with Crippen molar-refractivity contribution >= 4 is 11.7 Å². The van der Waals surface area contributed by atoms with Crippen LogP contribution in [-0.2, 0) is 4.79 Å². The molecule has 0 saturated heterocycles. The predicted molar refractivity (Wildman–Crippen MR) is 56.5 cm³/mol. The Morgan fingerprint density at radius 2 is 2.40 bits per heavy atom. The summed E-state index contributed by atoms with van der Waals surface area (Å²) in [7, 11) is 1.75. The molecule has 78 valence electrons. The molecule has 3 atom stereocenters. The summed E-state index contributed by atoms with van der Waals surface area (Å²) in [5, 5.41) is 0. The second kappa shape index (κ2) is 2.79. The van der Waals surface area contributed by atoms with E-state index in [1.807, 2.05) is 6.07 Å². The molecule has 1 saturated carbocycles. The topological polar surface area (TPSA) is 59.2 Å². The summed E-state index contributed by atoms with van der Waals surface area (Å²) in [5.41, 5.74) is 7.09. The van der Waals surface area contributed by atoms with Gasteiger partial charge in [-0.25, -0.2) is 4.98 Å². The normalized spacial score (nSPS) is 33.1. The lowest BCUT2D eigenvalue weighted by Gasteiger charge is -2.19. The number of carbonyl (C=O) groups excluding carboxylic acids is 1. The Hall–Kier alpha value is -1.42. The van der Waals surface area contributed by atoms with Crippen molar-refractivity contribution in [3.63, 3.8) is 0 Å². The molecule has 0 radical (unpaired) electrons. The molecule has 0 aromatic carbocycles. The van der Waals surface area contributed by atoms with Gasteiger partial charge >= 0.3 is 0 Å². The Kier molecular flexibility index (Phi) is 1.65. The van der Waals surface area contributed by atoms with Gasteiger partial charge in [0.15, 0.2) is 0 Å². The van der Waals surface area contributed by atoms with Gasteiger partial charge in [-0.15, -0.1) is 0 Å². The maximum atomic E-state index is 11.9. The van der Waals surface area contributed by atoms with E-state index in [4.69, 9.17) is 5.73 Å². The lowest BCUT2D eigenvalue weighted by atomic mass is 10.1. The Labute approximate surface area is 88.1 Å². The molecule has 0 bridgehead atoms. The number of hydrogen-bond donors (Lipinski definition) is 1. The zero-order valence-corrected chi connectivity index (χ0v) is 8.55. The lowest BCUT2D eigenvalue weighted by molar-refractivity contribution is -0.119. The van der Waals surface area contributed by atoms with Crippen molar-refractivity contribution in [1.82, 2.24) is 4.98 Å². The highest BCUT2D eigenvalue weighted by Crippen LogP contribution is 2.53. The number of amides is 1.